The highest BCUT2D eigenvalue weighted by atomic mass is 16.6. The molecule has 0 saturated carbocycles. The van der Waals surface area contributed by atoms with Gasteiger partial charge in [-0.2, -0.15) is 0 Å². The maximum atomic E-state index is 10.9. The van der Waals surface area contributed by atoms with Crippen molar-refractivity contribution in [3.63, 3.8) is 0 Å². The van der Waals surface area contributed by atoms with Crippen molar-refractivity contribution in [2.24, 2.45) is 5.92 Å². The zero-order chi connectivity index (χ0) is 14.5. The third-order valence-corrected chi connectivity index (χ3v) is 3.91. The fraction of sp³-hybridized carbons (Fsp3) is 0.600. The van der Waals surface area contributed by atoms with E-state index in [2.05, 4.69) is 24.1 Å². The summed E-state index contributed by atoms with van der Waals surface area (Å²) in [5.74, 6) is 0.665. The van der Waals surface area contributed by atoms with Crippen molar-refractivity contribution in [2.75, 3.05) is 24.5 Å². The molecule has 5 nitrogen and oxygen atoms in total. The summed E-state index contributed by atoms with van der Waals surface area (Å²) in [6.07, 6.45) is 2.36. The van der Waals surface area contributed by atoms with Gasteiger partial charge in [-0.25, -0.2) is 0 Å². The van der Waals surface area contributed by atoms with E-state index in [-0.39, 0.29) is 10.6 Å². The molecule has 1 heterocycles. The van der Waals surface area contributed by atoms with E-state index in [1.807, 2.05) is 6.07 Å². The Balaban J connectivity index is 2.15. The average molecular weight is 277 g/mol. The minimum absolute atomic E-state index is 0.165. The van der Waals surface area contributed by atoms with Gasteiger partial charge in [0.2, 0.25) is 0 Å². The Morgan fingerprint density at radius 1 is 1.40 bits per heavy atom. The summed E-state index contributed by atoms with van der Waals surface area (Å²) in [7, 11) is 0. The number of nitrogens with zero attached hydrogens (tertiary/aromatic N) is 2. The summed E-state index contributed by atoms with van der Waals surface area (Å²) in [5.41, 5.74) is 1.12. The average Bonchev–Trinajstić information content (AvgIpc) is 2.45. The van der Waals surface area contributed by atoms with Crippen molar-refractivity contribution in [1.82, 2.24) is 5.32 Å². The van der Waals surface area contributed by atoms with Gasteiger partial charge in [-0.3, -0.25) is 10.1 Å². The number of nitrogens with one attached hydrogen (secondary N) is 1. The van der Waals surface area contributed by atoms with E-state index in [1.54, 1.807) is 18.2 Å². The molecule has 0 spiro atoms. The van der Waals surface area contributed by atoms with Crippen molar-refractivity contribution in [1.29, 1.82) is 0 Å². The molecule has 1 aromatic carbocycles. The van der Waals surface area contributed by atoms with Gasteiger partial charge in [-0.1, -0.05) is 6.07 Å². The number of non-ortho nitro benzene ring substituents is 1. The summed E-state index contributed by atoms with van der Waals surface area (Å²) in [6, 6.07) is 7.30. The fourth-order valence-corrected chi connectivity index (χ4v) is 2.74. The zero-order valence-corrected chi connectivity index (χ0v) is 12.2. The molecule has 1 aliphatic rings. The standard InChI is InChI=1S/C15H23N3O2/c1-12(2)17(11-13-6-8-16-9-7-13)14-4-3-5-15(10-14)18(19)20/h3-5,10,12-13,16H,6-9,11H2,1-2H3. The van der Waals surface area contributed by atoms with Crippen LogP contribution in [-0.2, 0) is 0 Å². The monoisotopic (exact) mass is 277 g/mol. The molecule has 110 valence electrons. The summed E-state index contributed by atoms with van der Waals surface area (Å²) in [4.78, 5) is 12.9. The molecule has 1 saturated heterocycles. The van der Waals surface area contributed by atoms with Crippen molar-refractivity contribution in [3.8, 4) is 0 Å². The largest absolute Gasteiger partial charge is 0.369 e. The SMILES string of the molecule is CC(C)N(CC1CCNCC1)c1cccc([N+](=O)[O-])c1. The van der Waals surface area contributed by atoms with Crippen LogP contribution in [0.2, 0.25) is 0 Å². The van der Waals surface area contributed by atoms with Crippen molar-refractivity contribution < 1.29 is 4.92 Å². The van der Waals surface area contributed by atoms with E-state index in [0.29, 0.717) is 12.0 Å². The van der Waals surface area contributed by atoms with Gasteiger partial charge in [0.1, 0.15) is 0 Å². The maximum Gasteiger partial charge on any atom is 0.271 e. The topological polar surface area (TPSA) is 58.4 Å². The van der Waals surface area contributed by atoms with Gasteiger partial charge in [0, 0.05) is 30.4 Å². The predicted octanol–water partition coefficient (Wildman–Crippen LogP) is 2.81. The van der Waals surface area contributed by atoms with Gasteiger partial charge < -0.3 is 10.2 Å². The van der Waals surface area contributed by atoms with Gasteiger partial charge in [0.15, 0.2) is 0 Å². The molecule has 0 atom stereocenters. The first-order valence-electron chi connectivity index (χ1n) is 7.29. The first kappa shape index (κ1) is 14.8. The highest BCUT2D eigenvalue weighted by Crippen LogP contribution is 2.25. The molecule has 1 aliphatic heterocycles. The Morgan fingerprint density at radius 2 is 2.10 bits per heavy atom. The van der Waals surface area contributed by atoms with Crippen LogP contribution >= 0.6 is 0 Å². The Labute approximate surface area is 120 Å². The maximum absolute atomic E-state index is 10.9. The number of nitro benzene ring substituents is 1. The number of benzene rings is 1. The Hall–Kier alpha value is -1.62. The molecule has 5 heteroatoms. The number of piperidine rings is 1. The van der Waals surface area contributed by atoms with Crippen molar-refractivity contribution in [3.05, 3.63) is 34.4 Å². The molecule has 0 bridgehead atoms. The summed E-state index contributed by atoms with van der Waals surface area (Å²) >= 11 is 0. The summed E-state index contributed by atoms with van der Waals surface area (Å²) in [6.45, 7) is 7.40. The van der Waals surface area contributed by atoms with Crippen LogP contribution in [0.5, 0.6) is 0 Å². The molecule has 2 rings (SSSR count). The lowest BCUT2D eigenvalue weighted by molar-refractivity contribution is -0.384. The first-order valence-corrected chi connectivity index (χ1v) is 7.29. The van der Waals surface area contributed by atoms with Gasteiger partial charge in [0.25, 0.3) is 5.69 Å². The second-order valence-corrected chi connectivity index (χ2v) is 5.72. The molecule has 0 aromatic heterocycles. The number of anilines is 1. The van der Waals surface area contributed by atoms with Gasteiger partial charge in [-0.05, 0) is 51.8 Å². The lowest BCUT2D eigenvalue weighted by Crippen LogP contribution is -2.39. The second-order valence-electron chi connectivity index (χ2n) is 5.72. The number of nitro groups is 1. The second kappa shape index (κ2) is 6.70. The minimum atomic E-state index is -0.327. The predicted molar refractivity (Wildman–Crippen MR) is 81.2 cm³/mol. The lowest BCUT2D eigenvalue weighted by atomic mass is 9.96. The Bertz CT molecular complexity index is 456. The molecule has 0 unspecified atom stereocenters. The molecule has 1 aromatic rings. The third kappa shape index (κ3) is 3.70. The first-order chi connectivity index (χ1) is 9.58. The molecule has 1 N–H and O–H groups in total. The van der Waals surface area contributed by atoms with Crippen molar-refractivity contribution in [2.45, 2.75) is 32.7 Å². The van der Waals surface area contributed by atoms with E-state index < -0.39 is 0 Å². The van der Waals surface area contributed by atoms with Gasteiger partial charge in [-0.15, -0.1) is 0 Å². The van der Waals surface area contributed by atoms with E-state index in [0.717, 1.165) is 25.3 Å². The Morgan fingerprint density at radius 3 is 2.70 bits per heavy atom. The van der Waals surface area contributed by atoms with Crippen LogP contribution in [0.4, 0.5) is 11.4 Å². The molecule has 0 aliphatic carbocycles. The molecule has 0 amide bonds. The fourth-order valence-electron chi connectivity index (χ4n) is 2.74. The molecular formula is C15H23N3O2. The summed E-state index contributed by atoms with van der Waals surface area (Å²) < 4.78 is 0. The number of rotatable bonds is 5. The van der Waals surface area contributed by atoms with Crippen LogP contribution in [0.15, 0.2) is 24.3 Å². The van der Waals surface area contributed by atoms with Crippen LogP contribution in [0.1, 0.15) is 26.7 Å². The normalized spacial score (nSPS) is 16.4. The van der Waals surface area contributed by atoms with Crippen LogP contribution in [0.3, 0.4) is 0 Å². The van der Waals surface area contributed by atoms with Crippen LogP contribution in [0.25, 0.3) is 0 Å². The molecule has 1 fully saturated rings. The molecular weight excluding hydrogens is 254 g/mol. The zero-order valence-electron chi connectivity index (χ0n) is 12.2. The smallest absolute Gasteiger partial charge is 0.271 e. The Kier molecular flexibility index (Phi) is 4.95. The minimum Gasteiger partial charge on any atom is -0.369 e. The van der Waals surface area contributed by atoms with E-state index in [4.69, 9.17) is 0 Å². The third-order valence-electron chi connectivity index (χ3n) is 3.91. The molecule has 0 radical (unpaired) electrons. The van der Waals surface area contributed by atoms with Crippen LogP contribution < -0.4 is 10.2 Å². The highest BCUT2D eigenvalue weighted by molar-refractivity contribution is 5.53. The lowest BCUT2D eigenvalue weighted by Gasteiger charge is -2.34. The van der Waals surface area contributed by atoms with Gasteiger partial charge in [0.05, 0.1) is 4.92 Å². The van der Waals surface area contributed by atoms with E-state index >= 15 is 0 Å². The van der Waals surface area contributed by atoms with E-state index in [1.165, 1.54) is 12.8 Å². The highest BCUT2D eigenvalue weighted by Gasteiger charge is 2.20. The van der Waals surface area contributed by atoms with E-state index in [9.17, 15) is 10.1 Å². The molecule has 20 heavy (non-hydrogen) atoms. The quantitative estimate of drug-likeness (QED) is 0.664. The van der Waals surface area contributed by atoms with Crippen molar-refractivity contribution >= 4 is 11.4 Å². The number of hydrogen-bond acceptors (Lipinski definition) is 4. The summed E-state index contributed by atoms with van der Waals surface area (Å²) in [5, 5.41) is 14.3. The van der Waals surface area contributed by atoms with Crippen LogP contribution in [-0.4, -0.2) is 30.6 Å². The van der Waals surface area contributed by atoms with Crippen LogP contribution in [0, 0.1) is 16.0 Å². The number of hydrogen-bond donors (Lipinski definition) is 1. The van der Waals surface area contributed by atoms with Gasteiger partial charge >= 0.3 is 0 Å².